The summed E-state index contributed by atoms with van der Waals surface area (Å²) in [6.45, 7) is 0. The second-order valence-electron chi connectivity index (χ2n) is 3.84. The van der Waals surface area contributed by atoms with Gasteiger partial charge in [-0.2, -0.15) is 15.0 Å². The molecule has 5 nitrogen and oxygen atoms in total. The van der Waals surface area contributed by atoms with Gasteiger partial charge in [0.15, 0.2) is 17.5 Å². The molecule has 0 amide bonds. The molecule has 0 atom stereocenters. The van der Waals surface area contributed by atoms with Crippen molar-refractivity contribution in [1.29, 1.82) is 0 Å². The standard InChI is InChI=1S/C11H11F2N5/c1-18(2)11-16-9(15-10(14)17-11)6-3-4-7(12)8(13)5-6/h3-5H,1-2H3,(H2,14,15,16,17). The first kappa shape index (κ1) is 12.2. The van der Waals surface area contributed by atoms with Crippen LogP contribution in [-0.4, -0.2) is 29.0 Å². The van der Waals surface area contributed by atoms with Gasteiger partial charge in [-0.25, -0.2) is 8.78 Å². The van der Waals surface area contributed by atoms with E-state index in [1.807, 2.05) is 0 Å². The predicted molar refractivity (Wildman–Crippen MR) is 63.9 cm³/mol. The Morgan fingerprint density at radius 2 is 1.78 bits per heavy atom. The maximum atomic E-state index is 13.1. The normalized spacial score (nSPS) is 10.4. The molecule has 0 aliphatic carbocycles. The van der Waals surface area contributed by atoms with Crippen LogP contribution in [0.3, 0.4) is 0 Å². The molecule has 7 heteroatoms. The van der Waals surface area contributed by atoms with Gasteiger partial charge in [-0.1, -0.05) is 0 Å². The minimum Gasteiger partial charge on any atom is -0.368 e. The molecule has 0 aliphatic heterocycles. The fraction of sp³-hybridized carbons (Fsp3) is 0.182. The third-order valence-electron chi connectivity index (χ3n) is 2.22. The summed E-state index contributed by atoms with van der Waals surface area (Å²) < 4.78 is 26.0. The van der Waals surface area contributed by atoms with Crippen molar-refractivity contribution < 1.29 is 8.78 Å². The van der Waals surface area contributed by atoms with Gasteiger partial charge in [0.05, 0.1) is 0 Å². The lowest BCUT2D eigenvalue weighted by atomic mass is 10.2. The fourth-order valence-corrected chi connectivity index (χ4v) is 1.34. The SMILES string of the molecule is CN(C)c1nc(N)nc(-c2ccc(F)c(F)c2)n1. The van der Waals surface area contributed by atoms with Gasteiger partial charge in [0.1, 0.15) is 0 Å². The van der Waals surface area contributed by atoms with Crippen LogP contribution in [0.15, 0.2) is 18.2 Å². The molecule has 1 aromatic carbocycles. The van der Waals surface area contributed by atoms with E-state index in [-0.39, 0.29) is 11.8 Å². The Morgan fingerprint density at radius 3 is 2.39 bits per heavy atom. The number of hydrogen-bond acceptors (Lipinski definition) is 5. The van der Waals surface area contributed by atoms with Crippen LogP contribution in [0, 0.1) is 11.6 Å². The van der Waals surface area contributed by atoms with Gasteiger partial charge in [0.25, 0.3) is 0 Å². The third-order valence-corrected chi connectivity index (χ3v) is 2.22. The molecule has 0 unspecified atom stereocenters. The lowest BCUT2D eigenvalue weighted by Gasteiger charge is -2.11. The van der Waals surface area contributed by atoms with E-state index in [0.29, 0.717) is 11.5 Å². The second kappa shape index (κ2) is 4.52. The van der Waals surface area contributed by atoms with Gasteiger partial charge in [-0.05, 0) is 18.2 Å². The molecule has 0 bridgehead atoms. The van der Waals surface area contributed by atoms with Gasteiger partial charge in [-0.15, -0.1) is 0 Å². The van der Waals surface area contributed by atoms with Crippen molar-refractivity contribution in [2.24, 2.45) is 0 Å². The smallest absolute Gasteiger partial charge is 0.230 e. The number of halogens is 2. The van der Waals surface area contributed by atoms with Crippen molar-refractivity contribution in [1.82, 2.24) is 15.0 Å². The van der Waals surface area contributed by atoms with E-state index in [1.54, 1.807) is 19.0 Å². The van der Waals surface area contributed by atoms with Crippen LogP contribution in [0.25, 0.3) is 11.4 Å². The van der Waals surface area contributed by atoms with Gasteiger partial charge in [0.2, 0.25) is 11.9 Å². The van der Waals surface area contributed by atoms with Crippen molar-refractivity contribution in [2.45, 2.75) is 0 Å². The van der Waals surface area contributed by atoms with E-state index in [0.717, 1.165) is 12.1 Å². The Hall–Kier alpha value is -2.31. The van der Waals surface area contributed by atoms with E-state index in [9.17, 15) is 8.78 Å². The van der Waals surface area contributed by atoms with E-state index in [1.165, 1.54) is 6.07 Å². The zero-order chi connectivity index (χ0) is 13.3. The van der Waals surface area contributed by atoms with Crippen LogP contribution in [0.2, 0.25) is 0 Å². The number of anilines is 2. The number of aromatic nitrogens is 3. The zero-order valence-corrected chi connectivity index (χ0v) is 9.85. The number of hydrogen-bond donors (Lipinski definition) is 1. The summed E-state index contributed by atoms with van der Waals surface area (Å²) in [6, 6.07) is 3.41. The van der Waals surface area contributed by atoms with Crippen LogP contribution in [0.4, 0.5) is 20.7 Å². The van der Waals surface area contributed by atoms with Crippen LogP contribution in [0.1, 0.15) is 0 Å². The fourth-order valence-electron chi connectivity index (χ4n) is 1.34. The number of nitrogens with two attached hydrogens (primary N) is 1. The van der Waals surface area contributed by atoms with Gasteiger partial charge >= 0.3 is 0 Å². The van der Waals surface area contributed by atoms with E-state index in [4.69, 9.17) is 5.73 Å². The Labute approximate surface area is 102 Å². The summed E-state index contributed by atoms with van der Waals surface area (Å²) in [7, 11) is 3.48. The van der Waals surface area contributed by atoms with Gasteiger partial charge in [-0.3, -0.25) is 0 Å². The van der Waals surface area contributed by atoms with Crippen molar-refractivity contribution in [3.63, 3.8) is 0 Å². The largest absolute Gasteiger partial charge is 0.368 e. The maximum absolute atomic E-state index is 13.1. The molecule has 1 heterocycles. The molecular weight excluding hydrogens is 240 g/mol. The number of rotatable bonds is 2. The van der Waals surface area contributed by atoms with Crippen molar-refractivity contribution in [3.8, 4) is 11.4 Å². The number of nitrogen functional groups attached to an aromatic ring is 1. The number of benzene rings is 1. The van der Waals surface area contributed by atoms with E-state index < -0.39 is 11.6 Å². The summed E-state index contributed by atoms with van der Waals surface area (Å²) >= 11 is 0. The van der Waals surface area contributed by atoms with Gasteiger partial charge < -0.3 is 10.6 Å². The summed E-state index contributed by atoms with van der Waals surface area (Å²) in [5.74, 6) is -1.31. The Kier molecular flexibility index (Phi) is 3.05. The maximum Gasteiger partial charge on any atom is 0.230 e. The molecule has 18 heavy (non-hydrogen) atoms. The lowest BCUT2D eigenvalue weighted by Crippen LogP contribution is -2.15. The highest BCUT2D eigenvalue weighted by molar-refractivity contribution is 5.57. The van der Waals surface area contributed by atoms with E-state index in [2.05, 4.69) is 15.0 Å². The molecule has 94 valence electrons. The summed E-state index contributed by atoms with van der Waals surface area (Å²) in [6.07, 6.45) is 0. The van der Waals surface area contributed by atoms with Gasteiger partial charge in [0, 0.05) is 19.7 Å². The first-order valence-electron chi connectivity index (χ1n) is 5.11. The average Bonchev–Trinajstić information content (AvgIpc) is 2.31. The Bertz CT molecular complexity index is 586. The highest BCUT2D eigenvalue weighted by Gasteiger charge is 2.10. The average molecular weight is 251 g/mol. The topological polar surface area (TPSA) is 67.9 Å². The molecule has 0 aliphatic rings. The quantitative estimate of drug-likeness (QED) is 0.875. The highest BCUT2D eigenvalue weighted by atomic mass is 19.2. The molecule has 1 aromatic heterocycles. The van der Waals surface area contributed by atoms with Crippen molar-refractivity contribution >= 4 is 11.9 Å². The molecule has 0 saturated carbocycles. The molecule has 0 radical (unpaired) electrons. The first-order valence-corrected chi connectivity index (χ1v) is 5.11. The van der Waals surface area contributed by atoms with Crippen LogP contribution in [-0.2, 0) is 0 Å². The molecule has 2 aromatic rings. The van der Waals surface area contributed by atoms with Crippen LogP contribution < -0.4 is 10.6 Å². The van der Waals surface area contributed by atoms with E-state index >= 15 is 0 Å². The van der Waals surface area contributed by atoms with Crippen molar-refractivity contribution in [3.05, 3.63) is 29.8 Å². The van der Waals surface area contributed by atoms with Crippen LogP contribution in [0.5, 0.6) is 0 Å². The predicted octanol–water partition coefficient (Wildman–Crippen LogP) is 1.47. The minimum atomic E-state index is -0.960. The second-order valence-corrected chi connectivity index (χ2v) is 3.84. The monoisotopic (exact) mass is 251 g/mol. The molecule has 2 rings (SSSR count). The lowest BCUT2D eigenvalue weighted by molar-refractivity contribution is 0.509. The third kappa shape index (κ3) is 2.34. The van der Waals surface area contributed by atoms with Crippen molar-refractivity contribution in [2.75, 3.05) is 24.7 Å². The summed E-state index contributed by atoms with van der Waals surface area (Å²) in [4.78, 5) is 13.6. The Morgan fingerprint density at radius 1 is 1.06 bits per heavy atom. The Balaban J connectivity index is 2.53. The minimum absolute atomic E-state index is 0.0217. The van der Waals surface area contributed by atoms with Crippen LogP contribution >= 0.6 is 0 Å². The molecule has 2 N–H and O–H groups in total. The summed E-state index contributed by atoms with van der Waals surface area (Å²) in [5, 5.41) is 0. The zero-order valence-electron chi connectivity index (χ0n) is 9.85. The molecule has 0 fully saturated rings. The number of nitrogens with zero attached hydrogens (tertiary/aromatic N) is 4. The summed E-state index contributed by atoms with van der Waals surface area (Å²) in [5.41, 5.74) is 5.88. The molecule has 0 saturated heterocycles. The molecule has 0 spiro atoms. The highest BCUT2D eigenvalue weighted by Crippen LogP contribution is 2.20. The first-order chi connectivity index (χ1) is 8.47. The molecular formula is C11H11F2N5.